The topological polar surface area (TPSA) is 49.6 Å². The van der Waals surface area contributed by atoms with Crippen molar-refractivity contribution in [3.05, 3.63) is 35.4 Å². The maximum atomic E-state index is 12.5. The Morgan fingerprint density at radius 1 is 1.22 bits per heavy atom. The van der Waals surface area contributed by atoms with Crippen LogP contribution in [-0.4, -0.2) is 49.4 Å². The van der Waals surface area contributed by atoms with Gasteiger partial charge in [-0.25, -0.2) is 0 Å². The molecule has 1 amide bonds. The highest BCUT2D eigenvalue weighted by molar-refractivity contribution is 5.94. The minimum atomic E-state index is 0. The van der Waals surface area contributed by atoms with E-state index >= 15 is 0 Å². The van der Waals surface area contributed by atoms with Gasteiger partial charge in [-0.2, -0.15) is 0 Å². The third kappa shape index (κ3) is 6.13. The average Bonchev–Trinajstić information content (AvgIpc) is 2.54. The van der Waals surface area contributed by atoms with E-state index in [2.05, 4.69) is 19.0 Å². The first-order valence-corrected chi connectivity index (χ1v) is 8.33. The van der Waals surface area contributed by atoms with E-state index in [0.717, 1.165) is 49.5 Å². The van der Waals surface area contributed by atoms with Crippen LogP contribution >= 0.6 is 12.4 Å². The van der Waals surface area contributed by atoms with Crippen LogP contribution in [0.1, 0.15) is 41.6 Å². The van der Waals surface area contributed by atoms with Gasteiger partial charge in [0, 0.05) is 25.2 Å². The van der Waals surface area contributed by atoms with Gasteiger partial charge < -0.3 is 15.5 Å². The number of benzene rings is 1. The van der Waals surface area contributed by atoms with Crippen molar-refractivity contribution >= 4 is 18.3 Å². The second-order valence-corrected chi connectivity index (χ2v) is 6.58. The highest BCUT2D eigenvalue weighted by atomic mass is 35.5. The van der Waals surface area contributed by atoms with Crippen molar-refractivity contribution in [2.24, 2.45) is 11.7 Å². The quantitative estimate of drug-likeness (QED) is 0.867. The standard InChI is InChI=1S/C18H29N3O.ClH/c1-20(2)11-3-4-15-9-12-21(13-10-15)18(22)17-7-5-16(14-19)6-8-17;/h5-8,15H,3-4,9-14,19H2,1-2H3;1H. The zero-order valence-electron chi connectivity index (χ0n) is 14.3. The molecule has 130 valence electrons. The van der Waals surface area contributed by atoms with Crippen LogP contribution in [0.25, 0.3) is 0 Å². The molecule has 1 saturated heterocycles. The lowest BCUT2D eigenvalue weighted by molar-refractivity contribution is 0.0685. The second-order valence-electron chi connectivity index (χ2n) is 6.58. The summed E-state index contributed by atoms with van der Waals surface area (Å²) in [5.74, 6) is 0.943. The molecule has 1 aliphatic rings. The Kier molecular flexibility index (Phi) is 8.59. The number of likely N-dealkylation sites (tertiary alicyclic amines) is 1. The van der Waals surface area contributed by atoms with E-state index < -0.39 is 0 Å². The normalized spacial score (nSPS) is 15.6. The maximum absolute atomic E-state index is 12.5. The number of piperidine rings is 1. The number of rotatable bonds is 6. The van der Waals surface area contributed by atoms with Crippen LogP contribution < -0.4 is 5.73 Å². The summed E-state index contributed by atoms with van der Waals surface area (Å²) in [4.78, 5) is 16.7. The van der Waals surface area contributed by atoms with E-state index in [4.69, 9.17) is 5.73 Å². The summed E-state index contributed by atoms with van der Waals surface area (Å²) in [6.07, 6.45) is 4.82. The molecule has 4 nitrogen and oxygen atoms in total. The zero-order valence-corrected chi connectivity index (χ0v) is 15.1. The molecule has 23 heavy (non-hydrogen) atoms. The van der Waals surface area contributed by atoms with Gasteiger partial charge in [0.2, 0.25) is 0 Å². The molecule has 0 radical (unpaired) electrons. The second kappa shape index (κ2) is 9.91. The zero-order chi connectivity index (χ0) is 15.9. The Morgan fingerprint density at radius 2 is 1.83 bits per heavy atom. The first-order valence-electron chi connectivity index (χ1n) is 8.33. The molecule has 2 rings (SSSR count). The van der Waals surface area contributed by atoms with Gasteiger partial charge in [-0.15, -0.1) is 12.4 Å². The van der Waals surface area contributed by atoms with Crippen molar-refractivity contribution in [2.45, 2.75) is 32.2 Å². The number of hydrogen-bond donors (Lipinski definition) is 1. The molecule has 1 aromatic carbocycles. The average molecular weight is 340 g/mol. The summed E-state index contributed by atoms with van der Waals surface area (Å²) in [6.45, 7) is 3.47. The van der Waals surface area contributed by atoms with E-state index in [0.29, 0.717) is 6.54 Å². The van der Waals surface area contributed by atoms with E-state index in [9.17, 15) is 4.79 Å². The summed E-state index contributed by atoms with van der Waals surface area (Å²) in [5, 5.41) is 0. The molecule has 1 fully saturated rings. The molecule has 0 unspecified atom stereocenters. The van der Waals surface area contributed by atoms with E-state index in [-0.39, 0.29) is 18.3 Å². The molecular formula is C18H30ClN3O. The number of carbonyl (C=O) groups excluding carboxylic acids is 1. The van der Waals surface area contributed by atoms with E-state index in [1.807, 2.05) is 29.2 Å². The summed E-state index contributed by atoms with van der Waals surface area (Å²) in [6, 6.07) is 7.68. The van der Waals surface area contributed by atoms with E-state index in [1.54, 1.807) is 0 Å². The number of nitrogens with zero attached hydrogens (tertiary/aromatic N) is 2. The highest BCUT2D eigenvalue weighted by Crippen LogP contribution is 2.23. The number of carbonyl (C=O) groups is 1. The molecule has 2 N–H and O–H groups in total. The third-order valence-corrected chi connectivity index (χ3v) is 4.56. The Bertz CT molecular complexity index is 468. The van der Waals surface area contributed by atoms with Crippen molar-refractivity contribution in [3.8, 4) is 0 Å². The summed E-state index contributed by atoms with van der Waals surface area (Å²) < 4.78 is 0. The van der Waals surface area contributed by atoms with Crippen molar-refractivity contribution in [3.63, 3.8) is 0 Å². The minimum Gasteiger partial charge on any atom is -0.339 e. The first kappa shape index (κ1) is 19.9. The van der Waals surface area contributed by atoms with Gasteiger partial charge in [0.1, 0.15) is 0 Å². The fourth-order valence-corrected chi connectivity index (χ4v) is 3.09. The van der Waals surface area contributed by atoms with Crippen LogP contribution in [0, 0.1) is 5.92 Å². The Labute approximate surface area is 146 Å². The fraction of sp³-hybridized carbons (Fsp3) is 0.611. The number of hydrogen-bond acceptors (Lipinski definition) is 3. The summed E-state index contributed by atoms with van der Waals surface area (Å²) >= 11 is 0. The predicted octanol–water partition coefficient (Wildman–Crippen LogP) is 2.76. The van der Waals surface area contributed by atoms with E-state index in [1.165, 1.54) is 12.8 Å². The molecule has 0 aromatic heterocycles. The SMILES string of the molecule is CN(C)CCCC1CCN(C(=O)c2ccc(CN)cc2)CC1.Cl. The summed E-state index contributed by atoms with van der Waals surface area (Å²) in [7, 11) is 4.24. The molecule has 0 spiro atoms. The number of amides is 1. The van der Waals surface area contributed by atoms with Crippen molar-refractivity contribution in [2.75, 3.05) is 33.7 Å². The number of nitrogens with two attached hydrogens (primary N) is 1. The molecule has 0 bridgehead atoms. The molecule has 1 aliphatic heterocycles. The molecule has 1 aromatic rings. The van der Waals surface area contributed by atoms with Crippen LogP contribution in [0.4, 0.5) is 0 Å². The van der Waals surface area contributed by atoms with Crippen LogP contribution in [0.5, 0.6) is 0 Å². The van der Waals surface area contributed by atoms with Crippen LogP contribution in [0.3, 0.4) is 0 Å². The molecular weight excluding hydrogens is 310 g/mol. The molecule has 1 heterocycles. The largest absolute Gasteiger partial charge is 0.339 e. The van der Waals surface area contributed by atoms with Gasteiger partial charge in [-0.1, -0.05) is 12.1 Å². The van der Waals surface area contributed by atoms with Crippen molar-refractivity contribution < 1.29 is 4.79 Å². The first-order chi connectivity index (χ1) is 10.6. The lowest BCUT2D eigenvalue weighted by Crippen LogP contribution is -2.38. The molecule has 0 saturated carbocycles. The Balaban J connectivity index is 0.00000264. The van der Waals surface area contributed by atoms with Gasteiger partial charge in [-0.05, 0) is 69.9 Å². The molecule has 0 atom stereocenters. The molecule has 5 heteroatoms. The lowest BCUT2D eigenvalue weighted by atomic mass is 9.92. The van der Waals surface area contributed by atoms with Crippen LogP contribution in [0.15, 0.2) is 24.3 Å². The third-order valence-electron chi connectivity index (χ3n) is 4.56. The minimum absolute atomic E-state index is 0. The van der Waals surface area contributed by atoms with Gasteiger partial charge in [-0.3, -0.25) is 4.79 Å². The lowest BCUT2D eigenvalue weighted by Gasteiger charge is -2.32. The highest BCUT2D eigenvalue weighted by Gasteiger charge is 2.23. The van der Waals surface area contributed by atoms with Gasteiger partial charge in [0.15, 0.2) is 0 Å². The van der Waals surface area contributed by atoms with Gasteiger partial charge in [0.05, 0.1) is 0 Å². The fourth-order valence-electron chi connectivity index (χ4n) is 3.09. The van der Waals surface area contributed by atoms with Crippen molar-refractivity contribution in [1.29, 1.82) is 0 Å². The smallest absolute Gasteiger partial charge is 0.253 e. The Morgan fingerprint density at radius 3 is 2.35 bits per heavy atom. The van der Waals surface area contributed by atoms with Gasteiger partial charge in [0.25, 0.3) is 5.91 Å². The van der Waals surface area contributed by atoms with Crippen LogP contribution in [-0.2, 0) is 6.54 Å². The predicted molar refractivity (Wildman–Crippen MR) is 98.0 cm³/mol. The van der Waals surface area contributed by atoms with Crippen LogP contribution in [0.2, 0.25) is 0 Å². The van der Waals surface area contributed by atoms with Gasteiger partial charge >= 0.3 is 0 Å². The number of halogens is 1. The molecule has 0 aliphatic carbocycles. The maximum Gasteiger partial charge on any atom is 0.253 e. The Hall–Kier alpha value is -1.10. The van der Waals surface area contributed by atoms with Crippen molar-refractivity contribution in [1.82, 2.24) is 9.80 Å². The summed E-state index contributed by atoms with van der Waals surface area (Å²) in [5.41, 5.74) is 7.44. The monoisotopic (exact) mass is 339 g/mol.